The number of carbonyl (C=O) groups excluding carboxylic acids is 1. The van der Waals surface area contributed by atoms with E-state index >= 15 is 4.39 Å². The molecule has 1 saturated heterocycles. The molecule has 2 aliphatic rings. The lowest BCUT2D eigenvalue weighted by Crippen LogP contribution is -2.32. The summed E-state index contributed by atoms with van der Waals surface area (Å²) in [6, 6.07) is 9.23. The number of hydrogen-bond donors (Lipinski definition) is 4. The largest absolute Gasteiger partial charge is 0.363 e. The zero-order valence-corrected chi connectivity index (χ0v) is 20.9. The lowest BCUT2D eigenvalue weighted by Gasteiger charge is -2.22. The van der Waals surface area contributed by atoms with Gasteiger partial charge >= 0.3 is 0 Å². The first-order valence-corrected chi connectivity index (χ1v) is 13.5. The maximum Gasteiger partial charge on any atom is 0.223 e. The maximum absolute atomic E-state index is 15.1. The molecule has 36 heavy (non-hydrogen) atoms. The van der Waals surface area contributed by atoms with Crippen molar-refractivity contribution in [2.24, 2.45) is 5.92 Å². The number of aromatic amines is 1. The van der Waals surface area contributed by atoms with Gasteiger partial charge in [0.15, 0.2) is 17.5 Å². The lowest BCUT2D eigenvalue weighted by molar-refractivity contribution is -0.125. The molecule has 3 heterocycles. The number of carbonyl (C=O) groups is 1. The standard InChI is InChI=1S/C26H30F2N6OS/c1-15(16-4-6-20(27)7-5-16)30-24-19(14-29-26(35)18-8-10-36-11-9-18)12-21(28)25(32-24)31-23-13-22(33-34-23)17-2-3-17/h4-7,12-13,15,17-18H,2-3,8-11,14H2,1H3,(H,29,35)(H3,30,31,32,33,34)/t15-/m0/s1. The van der Waals surface area contributed by atoms with Crippen LogP contribution >= 0.6 is 11.8 Å². The van der Waals surface area contributed by atoms with Crippen LogP contribution in [0.25, 0.3) is 0 Å². The fourth-order valence-corrected chi connectivity index (χ4v) is 5.43. The second-order valence-electron chi connectivity index (χ2n) is 9.46. The minimum atomic E-state index is -0.538. The predicted octanol–water partition coefficient (Wildman–Crippen LogP) is 5.64. The number of halogens is 2. The zero-order valence-electron chi connectivity index (χ0n) is 20.1. The fourth-order valence-electron chi connectivity index (χ4n) is 4.33. The number of amides is 1. The number of thioether (sulfide) groups is 1. The van der Waals surface area contributed by atoms with Gasteiger partial charge in [0.25, 0.3) is 0 Å². The minimum Gasteiger partial charge on any atom is -0.363 e. The average molecular weight is 513 g/mol. The first-order chi connectivity index (χ1) is 17.5. The molecule has 2 aromatic heterocycles. The van der Waals surface area contributed by atoms with E-state index < -0.39 is 5.82 Å². The third-order valence-corrected chi connectivity index (χ3v) is 7.73. The van der Waals surface area contributed by atoms with Crippen LogP contribution < -0.4 is 16.0 Å². The molecule has 190 valence electrons. The van der Waals surface area contributed by atoms with Gasteiger partial charge in [-0.05, 0) is 67.9 Å². The molecular weight excluding hydrogens is 482 g/mol. The van der Waals surface area contributed by atoms with Crippen molar-refractivity contribution in [1.82, 2.24) is 20.5 Å². The third-order valence-electron chi connectivity index (χ3n) is 6.68. The molecule has 1 aliphatic carbocycles. The molecule has 0 unspecified atom stereocenters. The molecule has 3 aromatic rings. The van der Waals surface area contributed by atoms with E-state index in [0.29, 0.717) is 23.1 Å². The number of rotatable bonds is 9. The van der Waals surface area contributed by atoms with E-state index in [1.165, 1.54) is 18.2 Å². The SMILES string of the molecule is C[C@H](Nc1nc(Nc2cc(C3CC3)[nH]n2)c(F)cc1CNC(=O)C1CCSCC1)c1ccc(F)cc1. The Morgan fingerprint density at radius 2 is 1.86 bits per heavy atom. The highest BCUT2D eigenvalue weighted by Gasteiger charge is 2.26. The van der Waals surface area contributed by atoms with Crippen LogP contribution in [0.1, 0.15) is 61.4 Å². The quantitative estimate of drug-likeness (QED) is 0.297. The highest BCUT2D eigenvalue weighted by Crippen LogP contribution is 2.39. The third kappa shape index (κ3) is 5.98. The normalized spacial score (nSPS) is 17.0. The van der Waals surface area contributed by atoms with Crippen molar-refractivity contribution in [3.63, 3.8) is 0 Å². The van der Waals surface area contributed by atoms with Gasteiger partial charge in [0.2, 0.25) is 5.91 Å². The molecular formula is C26H30F2N6OS. The monoisotopic (exact) mass is 512 g/mol. The van der Waals surface area contributed by atoms with Gasteiger partial charge in [-0.2, -0.15) is 16.9 Å². The lowest BCUT2D eigenvalue weighted by atomic mass is 10.0. The summed E-state index contributed by atoms with van der Waals surface area (Å²) in [5.41, 5.74) is 2.42. The smallest absolute Gasteiger partial charge is 0.223 e. The summed E-state index contributed by atoms with van der Waals surface area (Å²) in [6.45, 7) is 2.07. The van der Waals surface area contributed by atoms with Crippen molar-refractivity contribution in [3.05, 3.63) is 64.9 Å². The summed E-state index contributed by atoms with van der Waals surface area (Å²) in [6.07, 6.45) is 3.96. The molecule has 1 atom stereocenters. The van der Waals surface area contributed by atoms with Gasteiger partial charge in [-0.25, -0.2) is 13.8 Å². The van der Waals surface area contributed by atoms with Crippen LogP contribution in [0.4, 0.5) is 26.2 Å². The number of aromatic nitrogens is 3. The number of pyridine rings is 1. The Morgan fingerprint density at radius 3 is 2.58 bits per heavy atom. The van der Waals surface area contributed by atoms with E-state index in [1.807, 2.05) is 24.8 Å². The molecule has 0 spiro atoms. The molecule has 1 aliphatic heterocycles. The molecule has 10 heteroatoms. The number of anilines is 3. The number of nitrogens with zero attached hydrogens (tertiary/aromatic N) is 2. The first kappa shape index (κ1) is 24.5. The summed E-state index contributed by atoms with van der Waals surface area (Å²) in [7, 11) is 0. The molecule has 2 fully saturated rings. The molecule has 1 saturated carbocycles. The number of nitrogens with one attached hydrogen (secondary N) is 4. The van der Waals surface area contributed by atoms with Crippen LogP contribution in [0, 0.1) is 17.6 Å². The first-order valence-electron chi connectivity index (χ1n) is 12.4. The number of benzene rings is 1. The van der Waals surface area contributed by atoms with Gasteiger partial charge in [-0.15, -0.1) is 0 Å². The highest BCUT2D eigenvalue weighted by atomic mass is 32.2. The van der Waals surface area contributed by atoms with Crippen LogP contribution in [0.2, 0.25) is 0 Å². The Hall–Kier alpha value is -3.14. The van der Waals surface area contributed by atoms with E-state index in [9.17, 15) is 9.18 Å². The van der Waals surface area contributed by atoms with E-state index in [4.69, 9.17) is 0 Å². The van der Waals surface area contributed by atoms with Gasteiger partial charge < -0.3 is 16.0 Å². The van der Waals surface area contributed by atoms with Gasteiger partial charge in [0, 0.05) is 41.7 Å². The second-order valence-corrected chi connectivity index (χ2v) is 10.7. The molecule has 7 nitrogen and oxygen atoms in total. The molecule has 0 bridgehead atoms. The summed E-state index contributed by atoms with van der Waals surface area (Å²) >= 11 is 1.86. The molecule has 0 radical (unpaired) electrons. The van der Waals surface area contributed by atoms with Crippen molar-refractivity contribution in [2.75, 3.05) is 22.1 Å². The Balaban J connectivity index is 1.36. The fraction of sp³-hybridized carbons (Fsp3) is 0.423. The van der Waals surface area contributed by atoms with Crippen molar-refractivity contribution in [2.45, 2.75) is 51.1 Å². The van der Waals surface area contributed by atoms with Crippen molar-refractivity contribution in [3.8, 4) is 0 Å². The van der Waals surface area contributed by atoms with E-state index in [2.05, 4.69) is 31.1 Å². The van der Waals surface area contributed by atoms with E-state index in [1.54, 1.807) is 12.1 Å². The van der Waals surface area contributed by atoms with Crippen molar-refractivity contribution >= 4 is 35.1 Å². The zero-order chi connectivity index (χ0) is 25.1. The second kappa shape index (κ2) is 10.9. The molecule has 1 amide bonds. The van der Waals surface area contributed by atoms with Crippen LogP contribution in [0.15, 0.2) is 36.4 Å². The molecule has 5 rings (SSSR count). The van der Waals surface area contributed by atoms with E-state index in [0.717, 1.165) is 48.4 Å². The average Bonchev–Trinajstić information content (AvgIpc) is 3.64. The van der Waals surface area contributed by atoms with Crippen molar-refractivity contribution in [1.29, 1.82) is 0 Å². The van der Waals surface area contributed by atoms with Gasteiger partial charge in [-0.3, -0.25) is 9.89 Å². The maximum atomic E-state index is 15.1. The Kier molecular flexibility index (Phi) is 7.41. The van der Waals surface area contributed by atoms with Gasteiger partial charge in [-0.1, -0.05) is 12.1 Å². The predicted molar refractivity (Wildman–Crippen MR) is 138 cm³/mol. The van der Waals surface area contributed by atoms with E-state index in [-0.39, 0.29) is 36.0 Å². The van der Waals surface area contributed by atoms with Crippen LogP contribution in [-0.2, 0) is 11.3 Å². The highest BCUT2D eigenvalue weighted by molar-refractivity contribution is 7.99. The van der Waals surface area contributed by atoms with Crippen LogP contribution in [0.3, 0.4) is 0 Å². The molecule has 1 aromatic carbocycles. The summed E-state index contributed by atoms with van der Waals surface area (Å²) in [5.74, 6) is 2.55. The Labute approximate surface area is 213 Å². The summed E-state index contributed by atoms with van der Waals surface area (Å²) < 4.78 is 28.5. The topological polar surface area (TPSA) is 94.7 Å². The van der Waals surface area contributed by atoms with Crippen molar-refractivity contribution < 1.29 is 13.6 Å². The summed E-state index contributed by atoms with van der Waals surface area (Å²) in [5, 5.41) is 16.5. The molecule has 4 N–H and O–H groups in total. The summed E-state index contributed by atoms with van der Waals surface area (Å²) in [4.78, 5) is 17.2. The van der Waals surface area contributed by atoms with Gasteiger partial charge in [0.05, 0.1) is 0 Å². The Bertz CT molecular complexity index is 1210. The number of H-pyrrole nitrogens is 1. The van der Waals surface area contributed by atoms with Crippen LogP contribution in [0.5, 0.6) is 0 Å². The number of hydrogen-bond acceptors (Lipinski definition) is 6. The van der Waals surface area contributed by atoms with Crippen LogP contribution in [-0.4, -0.2) is 32.6 Å². The Morgan fingerprint density at radius 1 is 1.11 bits per heavy atom. The van der Waals surface area contributed by atoms with Gasteiger partial charge in [0.1, 0.15) is 11.6 Å². The minimum absolute atomic E-state index is 0.0140.